The minimum absolute atomic E-state index is 0.0135. The van der Waals surface area contributed by atoms with E-state index in [1.54, 1.807) is 7.11 Å². The maximum absolute atomic E-state index is 13.3. The maximum atomic E-state index is 13.3. The summed E-state index contributed by atoms with van der Waals surface area (Å²) in [5, 5.41) is 10.0. The molecule has 1 aromatic rings. The summed E-state index contributed by atoms with van der Waals surface area (Å²) in [4.78, 5) is 15.1. The van der Waals surface area contributed by atoms with Crippen molar-refractivity contribution in [3.8, 4) is 0 Å². The second-order valence-corrected chi connectivity index (χ2v) is 10.5. The van der Waals surface area contributed by atoms with Crippen molar-refractivity contribution in [3.63, 3.8) is 0 Å². The number of aliphatic hydroxyl groups is 1. The van der Waals surface area contributed by atoms with Gasteiger partial charge in [-0.05, 0) is 38.7 Å². The van der Waals surface area contributed by atoms with E-state index in [4.69, 9.17) is 4.74 Å². The number of piperidine rings is 1. The monoisotopic (exact) mass is 427 g/mol. The third-order valence-electron chi connectivity index (χ3n) is 6.71. The molecule has 0 aromatic carbocycles. The topological polar surface area (TPSA) is 92.1 Å². The number of aryl methyl sites for hydroxylation is 1. The number of carbonyl (C=O) groups excluding carboxylic acids is 1. The molecular formula is C20H33N3O5S. The number of fused-ring (bicyclic) bond motifs is 1. The number of likely N-dealkylation sites (tertiary alicyclic amines) is 1. The fraction of sp³-hybridized carbons (Fsp3) is 0.750. The number of ether oxygens (including phenoxy) is 1. The van der Waals surface area contributed by atoms with E-state index in [0.29, 0.717) is 44.8 Å². The number of amides is 1. The molecule has 1 aromatic heterocycles. The quantitative estimate of drug-likeness (QED) is 0.652. The molecule has 9 heteroatoms. The van der Waals surface area contributed by atoms with Gasteiger partial charge in [-0.25, -0.2) is 12.7 Å². The van der Waals surface area contributed by atoms with E-state index < -0.39 is 15.4 Å². The standard InChI is InChI=1S/C20H33N3O5S/c1-15-10-18(16(2)23(15)7-5-9-28-3)19(25)21-8-6-20(14-24)13-22(29(4,26)27)12-17(20)11-21/h10,17,24H,5-9,11-14H2,1-4H3/t17-,20+/m1/s1. The van der Waals surface area contributed by atoms with E-state index in [9.17, 15) is 18.3 Å². The summed E-state index contributed by atoms with van der Waals surface area (Å²) in [5.41, 5.74) is 2.26. The second kappa shape index (κ2) is 8.37. The van der Waals surface area contributed by atoms with E-state index in [1.807, 2.05) is 24.8 Å². The van der Waals surface area contributed by atoms with Gasteiger partial charge in [0, 0.05) is 63.2 Å². The number of carbonyl (C=O) groups is 1. The molecule has 2 saturated heterocycles. The molecule has 0 aliphatic carbocycles. The van der Waals surface area contributed by atoms with Gasteiger partial charge < -0.3 is 19.3 Å². The van der Waals surface area contributed by atoms with Crippen LogP contribution in [0.1, 0.15) is 34.6 Å². The van der Waals surface area contributed by atoms with Crippen LogP contribution in [0.3, 0.4) is 0 Å². The molecule has 8 nitrogen and oxygen atoms in total. The Bertz CT molecular complexity index is 866. The third-order valence-corrected chi connectivity index (χ3v) is 7.92. The summed E-state index contributed by atoms with van der Waals surface area (Å²) < 4.78 is 32.8. The Morgan fingerprint density at radius 2 is 2.07 bits per heavy atom. The van der Waals surface area contributed by atoms with Crippen molar-refractivity contribution in [3.05, 3.63) is 23.0 Å². The molecule has 29 heavy (non-hydrogen) atoms. The minimum atomic E-state index is -3.31. The number of aromatic nitrogens is 1. The molecule has 2 aliphatic heterocycles. The Kier molecular flexibility index (Phi) is 6.43. The van der Waals surface area contributed by atoms with Gasteiger partial charge in [0.15, 0.2) is 0 Å². The molecule has 2 fully saturated rings. The average molecular weight is 428 g/mol. The molecule has 164 valence electrons. The maximum Gasteiger partial charge on any atom is 0.255 e. The number of methoxy groups -OCH3 is 1. The van der Waals surface area contributed by atoms with Crippen LogP contribution < -0.4 is 0 Å². The van der Waals surface area contributed by atoms with Crippen LogP contribution in [0.4, 0.5) is 0 Å². The summed E-state index contributed by atoms with van der Waals surface area (Å²) in [7, 11) is -1.63. The van der Waals surface area contributed by atoms with Gasteiger partial charge in [-0.2, -0.15) is 0 Å². The van der Waals surface area contributed by atoms with E-state index >= 15 is 0 Å². The van der Waals surface area contributed by atoms with Crippen molar-refractivity contribution in [1.82, 2.24) is 13.8 Å². The fourth-order valence-electron chi connectivity index (χ4n) is 4.83. The lowest BCUT2D eigenvalue weighted by atomic mass is 9.73. The van der Waals surface area contributed by atoms with Gasteiger partial charge in [0.25, 0.3) is 5.91 Å². The van der Waals surface area contributed by atoms with Gasteiger partial charge in [0.1, 0.15) is 0 Å². The molecule has 1 amide bonds. The van der Waals surface area contributed by atoms with Gasteiger partial charge in [-0.15, -0.1) is 0 Å². The lowest BCUT2D eigenvalue weighted by Gasteiger charge is -2.42. The highest BCUT2D eigenvalue weighted by molar-refractivity contribution is 7.88. The zero-order valence-electron chi connectivity index (χ0n) is 17.8. The molecule has 2 atom stereocenters. The Morgan fingerprint density at radius 3 is 2.69 bits per heavy atom. The van der Waals surface area contributed by atoms with Crippen LogP contribution >= 0.6 is 0 Å². The summed E-state index contributed by atoms with van der Waals surface area (Å²) in [6, 6.07) is 1.94. The predicted octanol–water partition coefficient (Wildman–Crippen LogP) is 0.857. The highest BCUT2D eigenvalue weighted by Crippen LogP contribution is 2.43. The Morgan fingerprint density at radius 1 is 1.34 bits per heavy atom. The molecule has 2 aliphatic rings. The average Bonchev–Trinajstić information content (AvgIpc) is 3.20. The van der Waals surface area contributed by atoms with Gasteiger partial charge in [-0.3, -0.25) is 4.79 Å². The van der Waals surface area contributed by atoms with Crippen LogP contribution in [0.25, 0.3) is 0 Å². The molecular weight excluding hydrogens is 394 g/mol. The van der Waals surface area contributed by atoms with Crippen molar-refractivity contribution in [2.45, 2.75) is 33.2 Å². The Labute approximate surface area is 173 Å². The number of rotatable bonds is 7. The molecule has 1 N–H and O–H groups in total. The van der Waals surface area contributed by atoms with Gasteiger partial charge in [-0.1, -0.05) is 0 Å². The zero-order valence-corrected chi connectivity index (χ0v) is 18.7. The lowest BCUT2D eigenvalue weighted by Crippen LogP contribution is -2.50. The first-order valence-corrected chi connectivity index (χ1v) is 12.0. The van der Waals surface area contributed by atoms with Crippen molar-refractivity contribution in [1.29, 1.82) is 0 Å². The van der Waals surface area contributed by atoms with Crippen LogP contribution in [-0.4, -0.2) is 86.0 Å². The highest BCUT2D eigenvalue weighted by atomic mass is 32.2. The first kappa shape index (κ1) is 22.3. The predicted molar refractivity (Wildman–Crippen MR) is 110 cm³/mol. The molecule has 3 heterocycles. The largest absolute Gasteiger partial charge is 0.396 e. The van der Waals surface area contributed by atoms with E-state index in [0.717, 1.165) is 24.4 Å². The molecule has 0 saturated carbocycles. The smallest absolute Gasteiger partial charge is 0.255 e. The summed E-state index contributed by atoms with van der Waals surface area (Å²) in [6.45, 7) is 7.09. The molecule has 0 radical (unpaired) electrons. The number of sulfonamides is 1. The van der Waals surface area contributed by atoms with E-state index in [-0.39, 0.29) is 18.4 Å². The first-order chi connectivity index (χ1) is 13.6. The number of nitrogens with zero attached hydrogens (tertiary/aromatic N) is 3. The molecule has 3 rings (SSSR count). The van der Waals surface area contributed by atoms with Gasteiger partial charge >= 0.3 is 0 Å². The van der Waals surface area contributed by atoms with E-state index in [2.05, 4.69) is 4.57 Å². The van der Waals surface area contributed by atoms with Crippen LogP contribution in [-0.2, 0) is 21.3 Å². The van der Waals surface area contributed by atoms with Crippen molar-refractivity contribution < 1.29 is 23.1 Å². The van der Waals surface area contributed by atoms with Gasteiger partial charge in [0.2, 0.25) is 10.0 Å². The van der Waals surface area contributed by atoms with Crippen LogP contribution in [0.5, 0.6) is 0 Å². The zero-order chi connectivity index (χ0) is 21.4. The highest BCUT2D eigenvalue weighted by Gasteiger charge is 2.51. The number of aliphatic hydroxyl groups excluding tert-OH is 1. The van der Waals surface area contributed by atoms with Crippen LogP contribution in [0, 0.1) is 25.2 Å². The summed E-state index contributed by atoms with van der Waals surface area (Å²) in [5.74, 6) is -0.0643. The van der Waals surface area contributed by atoms with Crippen LogP contribution in [0.2, 0.25) is 0 Å². The molecule has 0 bridgehead atoms. The van der Waals surface area contributed by atoms with Crippen LogP contribution in [0.15, 0.2) is 6.07 Å². The summed E-state index contributed by atoms with van der Waals surface area (Å²) in [6.07, 6.45) is 2.70. The lowest BCUT2D eigenvalue weighted by molar-refractivity contribution is 0.0185. The van der Waals surface area contributed by atoms with Crippen molar-refractivity contribution >= 4 is 15.9 Å². The number of hydrogen-bond donors (Lipinski definition) is 1. The fourth-order valence-corrected chi connectivity index (χ4v) is 5.77. The SMILES string of the molecule is COCCCn1c(C)cc(C(=O)N2CC[C@@]3(CO)CN(S(C)(=O)=O)C[C@H]3C2)c1C. The molecule has 0 unspecified atom stereocenters. The Balaban J connectivity index is 1.76. The first-order valence-electron chi connectivity index (χ1n) is 10.1. The second-order valence-electron chi connectivity index (χ2n) is 8.56. The number of hydrogen-bond acceptors (Lipinski definition) is 5. The van der Waals surface area contributed by atoms with E-state index in [1.165, 1.54) is 10.6 Å². The Hall–Kier alpha value is -1.42. The van der Waals surface area contributed by atoms with Crippen molar-refractivity contribution in [2.75, 3.05) is 52.8 Å². The minimum Gasteiger partial charge on any atom is -0.396 e. The molecule has 0 spiro atoms. The summed E-state index contributed by atoms with van der Waals surface area (Å²) >= 11 is 0. The van der Waals surface area contributed by atoms with Gasteiger partial charge in [0.05, 0.1) is 18.4 Å². The third kappa shape index (κ3) is 4.23. The van der Waals surface area contributed by atoms with Crippen molar-refractivity contribution in [2.24, 2.45) is 11.3 Å². The normalized spacial score (nSPS) is 25.4.